The molecule has 4 aromatic heterocycles. The van der Waals surface area contributed by atoms with E-state index in [0.717, 1.165) is 35.0 Å². The molecule has 0 saturated heterocycles. The summed E-state index contributed by atoms with van der Waals surface area (Å²) in [4.78, 5) is 29.5. The molecule has 6 aromatic rings. The van der Waals surface area contributed by atoms with E-state index < -0.39 is 0 Å². The van der Waals surface area contributed by atoms with Crippen LogP contribution in [0.2, 0.25) is 0 Å². The Morgan fingerprint density at radius 1 is 0.897 bits per heavy atom. The molecule has 0 atom stereocenters. The Labute approximate surface area is 223 Å². The number of carbonyl (C=O) groups excluding carboxylic acids is 1. The number of benzene rings is 2. The van der Waals surface area contributed by atoms with Crippen molar-refractivity contribution in [3.05, 3.63) is 114 Å². The second-order valence-corrected chi connectivity index (χ2v) is 9.85. The van der Waals surface area contributed by atoms with Crippen LogP contribution in [0.3, 0.4) is 0 Å². The van der Waals surface area contributed by atoms with Crippen molar-refractivity contribution < 1.29 is 9.18 Å². The van der Waals surface area contributed by atoms with Crippen LogP contribution in [0.15, 0.2) is 91.6 Å². The molecule has 1 saturated carbocycles. The van der Waals surface area contributed by atoms with E-state index in [1.165, 1.54) is 17.8 Å². The van der Waals surface area contributed by atoms with Crippen molar-refractivity contribution in [2.75, 3.05) is 7.05 Å². The molecule has 190 valence electrons. The summed E-state index contributed by atoms with van der Waals surface area (Å²) in [6.45, 7) is 0. The summed E-state index contributed by atoms with van der Waals surface area (Å²) in [5, 5.41) is 3.64. The van der Waals surface area contributed by atoms with Gasteiger partial charge in [-0.05, 0) is 54.3 Å². The molecule has 39 heavy (non-hydrogen) atoms. The number of hydrogen-bond acceptors (Lipinski definition) is 5. The highest BCUT2D eigenvalue weighted by atomic mass is 19.1. The van der Waals surface area contributed by atoms with Gasteiger partial charge in [-0.2, -0.15) is 0 Å². The molecular weight excluding hydrogens is 491 g/mol. The number of pyridine rings is 2. The van der Waals surface area contributed by atoms with Gasteiger partial charge in [0, 0.05) is 59.3 Å². The third kappa shape index (κ3) is 3.84. The third-order valence-corrected chi connectivity index (χ3v) is 7.60. The van der Waals surface area contributed by atoms with E-state index in [4.69, 9.17) is 0 Å². The molecule has 1 N–H and O–H groups in total. The van der Waals surface area contributed by atoms with Crippen molar-refractivity contribution >= 4 is 22.6 Å². The van der Waals surface area contributed by atoms with Gasteiger partial charge >= 0.3 is 0 Å². The third-order valence-electron chi connectivity index (χ3n) is 7.60. The second kappa shape index (κ2) is 8.80. The van der Waals surface area contributed by atoms with Crippen LogP contribution in [0.5, 0.6) is 0 Å². The lowest BCUT2D eigenvalue weighted by Crippen LogP contribution is -2.18. The van der Waals surface area contributed by atoms with Crippen molar-refractivity contribution in [1.82, 2.24) is 29.7 Å². The molecule has 7 rings (SSSR count). The fourth-order valence-electron chi connectivity index (χ4n) is 5.31. The summed E-state index contributed by atoms with van der Waals surface area (Å²) in [6.07, 6.45) is 11.0. The van der Waals surface area contributed by atoms with Crippen molar-refractivity contribution in [3.63, 3.8) is 0 Å². The molecule has 8 heteroatoms. The molecule has 0 aliphatic heterocycles. The van der Waals surface area contributed by atoms with Crippen LogP contribution in [0.25, 0.3) is 38.9 Å². The molecule has 1 fully saturated rings. The van der Waals surface area contributed by atoms with Crippen molar-refractivity contribution in [2.24, 2.45) is 0 Å². The molecular formula is C31H23FN6O. The van der Waals surface area contributed by atoms with E-state index in [9.17, 15) is 4.79 Å². The molecule has 0 unspecified atom stereocenters. The lowest BCUT2D eigenvalue weighted by molar-refractivity contribution is 0.0958. The Kier molecular flexibility index (Phi) is 5.23. The average Bonchev–Trinajstić information content (AvgIpc) is 3.68. The van der Waals surface area contributed by atoms with E-state index in [0.29, 0.717) is 22.5 Å². The Balaban J connectivity index is 1.24. The Hall–Kier alpha value is -4.98. The van der Waals surface area contributed by atoms with E-state index in [1.54, 1.807) is 31.4 Å². The zero-order valence-corrected chi connectivity index (χ0v) is 21.1. The first-order chi connectivity index (χ1) is 19.1. The van der Waals surface area contributed by atoms with E-state index >= 15 is 4.39 Å². The minimum Gasteiger partial charge on any atom is -0.354 e. The number of amides is 1. The first-order valence-electron chi connectivity index (χ1n) is 12.7. The van der Waals surface area contributed by atoms with Crippen LogP contribution < -0.4 is 5.32 Å². The highest BCUT2D eigenvalue weighted by Crippen LogP contribution is 2.53. The van der Waals surface area contributed by atoms with Crippen LogP contribution in [0.1, 0.15) is 34.6 Å². The van der Waals surface area contributed by atoms with Crippen molar-refractivity contribution in [3.8, 4) is 22.3 Å². The van der Waals surface area contributed by atoms with Gasteiger partial charge in [0.15, 0.2) is 0 Å². The second-order valence-electron chi connectivity index (χ2n) is 9.85. The summed E-state index contributed by atoms with van der Waals surface area (Å²) in [5.41, 5.74) is 5.95. The Morgan fingerprint density at radius 3 is 2.49 bits per heavy atom. The Morgan fingerprint density at radius 2 is 1.72 bits per heavy atom. The van der Waals surface area contributed by atoms with Crippen LogP contribution in [-0.2, 0) is 5.41 Å². The average molecular weight is 515 g/mol. The van der Waals surface area contributed by atoms with Gasteiger partial charge in [-0.15, -0.1) is 0 Å². The maximum absolute atomic E-state index is 15.3. The fourth-order valence-corrected chi connectivity index (χ4v) is 5.31. The molecule has 1 amide bonds. The summed E-state index contributed by atoms with van der Waals surface area (Å²) in [7, 11) is 1.54. The number of fused-ring (bicyclic) bond motifs is 2. The van der Waals surface area contributed by atoms with Gasteiger partial charge in [-0.1, -0.05) is 30.3 Å². The number of hydrogen-bond donors (Lipinski definition) is 1. The van der Waals surface area contributed by atoms with Gasteiger partial charge in [0.2, 0.25) is 5.78 Å². The number of halogens is 1. The van der Waals surface area contributed by atoms with E-state index in [1.807, 2.05) is 35.1 Å². The lowest BCUT2D eigenvalue weighted by atomic mass is 9.91. The van der Waals surface area contributed by atoms with E-state index in [2.05, 4.69) is 49.5 Å². The molecule has 0 radical (unpaired) electrons. The summed E-state index contributed by atoms with van der Waals surface area (Å²) in [6, 6.07) is 18.9. The van der Waals surface area contributed by atoms with Crippen molar-refractivity contribution in [2.45, 2.75) is 18.3 Å². The van der Waals surface area contributed by atoms with Gasteiger partial charge in [0.25, 0.3) is 5.91 Å². The van der Waals surface area contributed by atoms with Crippen LogP contribution in [0.4, 0.5) is 4.39 Å². The topological polar surface area (TPSA) is 85.1 Å². The quantitative estimate of drug-likeness (QED) is 0.324. The lowest BCUT2D eigenvalue weighted by Gasteiger charge is -2.17. The van der Waals surface area contributed by atoms with Gasteiger partial charge in [0.1, 0.15) is 11.5 Å². The van der Waals surface area contributed by atoms with E-state index in [-0.39, 0.29) is 22.8 Å². The van der Waals surface area contributed by atoms with Gasteiger partial charge in [0.05, 0.1) is 17.4 Å². The number of imidazole rings is 1. The molecule has 0 bridgehead atoms. The number of aromatic nitrogens is 5. The zero-order chi connectivity index (χ0) is 26.6. The van der Waals surface area contributed by atoms with Crippen LogP contribution >= 0.6 is 0 Å². The predicted molar refractivity (Wildman–Crippen MR) is 147 cm³/mol. The summed E-state index contributed by atoms with van der Waals surface area (Å²) < 4.78 is 17.3. The summed E-state index contributed by atoms with van der Waals surface area (Å²) >= 11 is 0. The number of nitrogens with zero attached hydrogens (tertiary/aromatic N) is 5. The maximum Gasteiger partial charge on any atom is 0.269 e. The fraction of sp³-hybridized carbons (Fsp3) is 0.129. The summed E-state index contributed by atoms with van der Waals surface area (Å²) in [5.74, 6) is -0.0528. The predicted octanol–water partition coefficient (Wildman–Crippen LogP) is 5.59. The highest BCUT2D eigenvalue weighted by Gasteiger charge is 2.48. The van der Waals surface area contributed by atoms with Gasteiger partial charge < -0.3 is 5.32 Å². The number of rotatable bonds is 5. The minimum absolute atomic E-state index is 0.132. The normalized spacial score (nSPS) is 14.0. The number of nitrogens with one attached hydrogen (secondary N) is 1. The molecule has 2 aromatic carbocycles. The van der Waals surface area contributed by atoms with Gasteiger partial charge in [-0.25, -0.2) is 14.4 Å². The standard InChI is InChI=1S/C31H23FN6O/c1-33-29(39)27-8-5-21(15-35-27)24-7-4-19(14-25(24)32)22-16-36-30-37-17-28(38(30)18-22)31(10-11-31)23-6-9-26-20(13-23)3-2-12-34-26/h2-9,12-18H,10-11H2,1H3,(H,33,39). The molecule has 1 aliphatic carbocycles. The maximum atomic E-state index is 15.3. The first kappa shape index (κ1) is 23.2. The van der Waals surface area contributed by atoms with Crippen LogP contribution in [0, 0.1) is 5.82 Å². The van der Waals surface area contributed by atoms with Crippen LogP contribution in [-0.4, -0.2) is 37.3 Å². The highest BCUT2D eigenvalue weighted by molar-refractivity contribution is 5.92. The van der Waals surface area contributed by atoms with Crippen molar-refractivity contribution in [1.29, 1.82) is 0 Å². The zero-order valence-electron chi connectivity index (χ0n) is 21.1. The Bertz CT molecular complexity index is 1890. The molecule has 1 aliphatic rings. The largest absolute Gasteiger partial charge is 0.354 e. The van der Waals surface area contributed by atoms with Gasteiger partial charge in [-0.3, -0.25) is 19.2 Å². The SMILES string of the molecule is CNC(=O)c1ccc(-c2ccc(-c3cnc4ncc(C5(c6ccc7ncccc7c6)CC5)n4c3)cc2F)cn1. The first-order valence-corrected chi connectivity index (χ1v) is 12.7. The molecule has 4 heterocycles. The minimum atomic E-state index is -0.378. The molecule has 0 spiro atoms. The molecule has 7 nitrogen and oxygen atoms in total. The number of carbonyl (C=O) groups is 1. The smallest absolute Gasteiger partial charge is 0.269 e. The monoisotopic (exact) mass is 514 g/mol.